The zero-order chi connectivity index (χ0) is 25.7. The molecule has 1 unspecified atom stereocenters. The summed E-state index contributed by atoms with van der Waals surface area (Å²) in [6.45, 7) is 1.72. The summed E-state index contributed by atoms with van der Waals surface area (Å²) in [5.41, 5.74) is 1.09. The van der Waals surface area contributed by atoms with Crippen molar-refractivity contribution in [1.82, 2.24) is 5.32 Å². The Balaban J connectivity index is 1.37. The summed E-state index contributed by atoms with van der Waals surface area (Å²) in [7, 11) is 0. The molecule has 0 radical (unpaired) electrons. The molecule has 3 amide bonds. The number of thioether (sulfide) groups is 1. The summed E-state index contributed by atoms with van der Waals surface area (Å²) >= 11 is 1.27. The summed E-state index contributed by atoms with van der Waals surface area (Å²) in [4.78, 5) is 48.7. The van der Waals surface area contributed by atoms with E-state index in [1.54, 1.807) is 55.5 Å². The molecule has 0 fully saturated rings. The maximum Gasteiger partial charge on any atom is 0.270 e. The first-order valence-corrected chi connectivity index (χ1v) is 11.8. The first-order valence-electron chi connectivity index (χ1n) is 10.9. The maximum atomic E-state index is 12.7. The highest BCUT2D eigenvalue weighted by molar-refractivity contribution is 8.00. The summed E-state index contributed by atoms with van der Waals surface area (Å²) in [6.07, 6.45) is -0.00279. The third-order valence-electron chi connectivity index (χ3n) is 5.14. The second kappa shape index (κ2) is 10.8. The number of benzene rings is 3. The number of carbonyl (C=O) groups is 3. The van der Waals surface area contributed by atoms with Crippen molar-refractivity contribution in [2.45, 2.75) is 23.5 Å². The lowest BCUT2D eigenvalue weighted by atomic mass is 10.2. The summed E-state index contributed by atoms with van der Waals surface area (Å²) in [6, 6.07) is 21.3. The number of hydrazone groups is 1. The van der Waals surface area contributed by atoms with Gasteiger partial charge in [0.05, 0.1) is 22.3 Å². The van der Waals surface area contributed by atoms with Crippen molar-refractivity contribution in [3.8, 4) is 0 Å². The van der Waals surface area contributed by atoms with Crippen LogP contribution in [0.1, 0.15) is 23.7 Å². The molecule has 11 heteroatoms. The Morgan fingerprint density at radius 3 is 2.53 bits per heavy atom. The van der Waals surface area contributed by atoms with Crippen LogP contribution < -0.4 is 15.6 Å². The molecule has 2 N–H and O–H groups in total. The van der Waals surface area contributed by atoms with Gasteiger partial charge < -0.3 is 10.6 Å². The normalized spacial score (nSPS) is 13.6. The molecule has 36 heavy (non-hydrogen) atoms. The van der Waals surface area contributed by atoms with Gasteiger partial charge in [-0.25, -0.2) is 0 Å². The molecule has 1 atom stereocenters. The number of nitro groups is 1. The van der Waals surface area contributed by atoms with Crippen LogP contribution in [-0.4, -0.2) is 33.7 Å². The van der Waals surface area contributed by atoms with E-state index in [0.29, 0.717) is 11.4 Å². The number of non-ortho nitro benzene ring substituents is 1. The van der Waals surface area contributed by atoms with Crippen molar-refractivity contribution in [1.29, 1.82) is 0 Å². The van der Waals surface area contributed by atoms with Crippen molar-refractivity contribution in [3.05, 3.63) is 94.5 Å². The first-order chi connectivity index (χ1) is 17.3. The Labute approximate surface area is 210 Å². The van der Waals surface area contributed by atoms with Crippen LogP contribution in [0.3, 0.4) is 0 Å². The van der Waals surface area contributed by atoms with Gasteiger partial charge in [0, 0.05) is 28.3 Å². The standard InChI is InChI=1S/C25H21N5O5S/c1-16(24(32)27-22-15-23(31)29(28-22)19-9-3-2-4-10-19)36-21-12-6-8-18(14-21)26-25(33)17-7-5-11-20(13-17)30(34)35/h2-14,16H,15H2,1H3,(H,26,33)(H,27,28,32). The van der Waals surface area contributed by atoms with Crippen molar-refractivity contribution in [3.63, 3.8) is 0 Å². The van der Waals surface area contributed by atoms with Crippen LogP contribution in [0.2, 0.25) is 0 Å². The van der Waals surface area contributed by atoms with E-state index in [-0.39, 0.29) is 35.3 Å². The van der Waals surface area contributed by atoms with Crippen LogP contribution in [0.4, 0.5) is 17.1 Å². The number of carbonyl (C=O) groups excluding carboxylic acids is 3. The Morgan fingerprint density at radius 1 is 1.03 bits per heavy atom. The predicted octanol–water partition coefficient (Wildman–Crippen LogP) is 4.19. The largest absolute Gasteiger partial charge is 0.322 e. The molecule has 0 aromatic heterocycles. The second-order valence-corrected chi connectivity index (χ2v) is 9.22. The molecule has 0 spiro atoms. The molecule has 1 aliphatic rings. The fourth-order valence-electron chi connectivity index (χ4n) is 3.38. The number of hydrogen-bond donors (Lipinski definition) is 2. The van der Waals surface area contributed by atoms with E-state index in [1.807, 2.05) is 6.07 Å². The Hall–Kier alpha value is -4.51. The fourth-order valence-corrected chi connectivity index (χ4v) is 4.31. The van der Waals surface area contributed by atoms with Crippen LogP contribution in [0.25, 0.3) is 0 Å². The highest BCUT2D eigenvalue weighted by Gasteiger charge is 2.27. The molecule has 182 valence electrons. The lowest BCUT2D eigenvalue weighted by Gasteiger charge is -2.13. The maximum absolute atomic E-state index is 12.7. The number of nitrogens with zero attached hydrogens (tertiary/aromatic N) is 3. The van der Waals surface area contributed by atoms with E-state index in [0.717, 1.165) is 4.90 Å². The van der Waals surface area contributed by atoms with Gasteiger partial charge in [-0.05, 0) is 43.3 Å². The lowest BCUT2D eigenvalue weighted by Crippen LogP contribution is -2.35. The molecule has 0 aliphatic carbocycles. The Kier molecular flexibility index (Phi) is 7.40. The van der Waals surface area contributed by atoms with Gasteiger partial charge in [-0.1, -0.05) is 30.3 Å². The van der Waals surface area contributed by atoms with Gasteiger partial charge in [0.15, 0.2) is 0 Å². The smallest absolute Gasteiger partial charge is 0.270 e. The molecule has 0 saturated heterocycles. The summed E-state index contributed by atoms with van der Waals surface area (Å²) in [5, 5.41) is 21.4. The molecule has 1 aliphatic heterocycles. The quantitative estimate of drug-likeness (QED) is 0.282. The lowest BCUT2D eigenvalue weighted by molar-refractivity contribution is -0.384. The number of nitrogens with one attached hydrogen (secondary N) is 2. The van der Waals surface area contributed by atoms with E-state index < -0.39 is 16.1 Å². The van der Waals surface area contributed by atoms with E-state index in [9.17, 15) is 24.5 Å². The fraction of sp³-hybridized carbons (Fsp3) is 0.120. The van der Waals surface area contributed by atoms with Gasteiger partial charge in [-0.2, -0.15) is 10.1 Å². The molecule has 0 saturated carbocycles. The monoisotopic (exact) mass is 503 g/mol. The SMILES string of the molecule is CC(Sc1cccc(NC(=O)c2cccc([N+](=O)[O-])c2)c1)C(=O)NC1=NN(c2ccccc2)C(=O)C1. The molecule has 3 aromatic carbocycles. The molecule has 0 bridgehead atoms. The van der Waals surface area contributed by atoms with Gasteiger partial charge >= 0.3 is 0 Å². The topological polar surface area (TPSA) is 134 Å². The average molecular weight is 504 g/mol. The van der Waals surface area contributed by atoms with Crippen LogP contribution in [0.15, 0.2) is 88.9 Å². The molecule has 10 nitrogen and oxygen atoms in total. The van der Waals surface area contributed by atoms with E-state index in [4.69, 9.17) is 0 Å². The van der Waals surface area contributed by atoms with Crippen molar-refractivity contribution in [2.24, 2.45) is 5.10 Å². The zero-order valence-corrected chi connectivity index (χ0v) is 19.9. The minimum absolute atomic E-state index is 0.00279. The van der Waals surface area contributed by atoms with Gasteiger partial charge in [0.25, 0.3) is 17.5 Å². The minimum atomic E-state index is -0.563. The number of nitro benzene ring substituents is 1. The van der Waals surface area contributed by atoms with E-state index in [2.05, 4.69) is 15.7 Å². The van der Waals surface area contributed by atoms with Crippen LogP contribution in [-0.2, 0) is 9.59 Å². The Morgan fingerprint density at radius 2 is 1.78 bits per heavy atom. The number of para-hydroxylation sites is 1. The number of rotatable bonds is 7. The average Bonchev–Trinajstić information content (AvgIpc) is 3.24. The number of hydrogen-bond acceptors (Lipinski definition) is 7. The van der Waals surface area contributed by atoms with Crippen LogP contribution in [0, 0.1) is 10.1 Å². The van der Waals surface area contributed by atoms with Crippen LogP contribution >= 0.6 is 11.8 Å². The molecular weight excluding hydrogens is 482 g/mol. The third-order valence-corrected chi connectivity index (χ3v) is 6.23. The predicted molar refractivity (Wildman–Crippen MR) is 137 cm³/mol. The minimum Gasteiger partial charge on any atom is -0.322 e. The summed E-state index contributed by atoms with van der Waals surface area (Å²) in [5.74, 6) is -0.755. The number of amidine groups is 1. The molecular formula is C25H21N5O5S. The highest BCUT2D eigenvalue weighted by atomic mass is 32.2. The number of anilines is 2. The molecule has 3 aromatic rings. The van der Waals surface area contributed by atoms with Crippen molar-refractivity contribution in [2.75, 3.05) is 10.3 Å². The van der Waals surface area contributed by atoms with Gasteiger partial charge in [-0.3, -0.25) is 24.5 Å². The molecule has 1 heterocycles. The highest BCUT2D eigenvalue weighted by Crippen LogP contribution is 2.27. The third kappa shape index (κ3) is 5.94. The van der Waals surface area contributed by atoms with E-state index in [1.165, 1.54) is 41.0 Å². The first kappa shape index (κ1) is 24.6. The zero-order valence-electron chi connectivity index (χ0n) is 19.1. The van der Waals surface area contributed by atoms with Gasteiger partial charge in [0.2, 0.25) is 5.91 Å². The second-order valence-electron chi connectivity index (χ2n) is 7.80. The van der Waals surface area contributed by atoms with Crippen molar-refractivity contribution >= 4 is 52.4 Å². The summed E-state index contributed by atoms with van der Waals surface area (Å²) < 4.78 is 0. The van der Waals surface area contributed by atoms with E-state index >= 15 is 0 Å². The molecule has 4 rings (SSSR count). The van der Waals surface area contributed by atoms with Gasteiger partial charge in [0.1, 0.15) is 5.84 Å². The van der Waals surface area contributed by atoms with Crippen LogP contribution in [0.5, 0.6) is 0 Å². The van der Waals surface area contributed by atoms with Crippen molar-refractivity contribution < 1.29 is 19.3 Å². The Bertz CT molecular complexity index is 1360. The number of amides is 3. The van der Waals surface area contributed by atoms with Gasteiger partial charge in [-0.15, -0.1) is 11.8 Å².